The molecule has 29 heavy (non-hydrogen) atoms. The first-order chi connectivity index (χ1) is 14.3. The van der Waals surface area contributed by atoms with Gasteiger partial charge in [0, 0.05) is 17.8 Å². The van der Waals surface area contributed by atoms with E-state index in [-0.39, 0.29) is 0 Å². The van der Waals surface area contributed by atoms with Gasteiger partial charge in [-0.05, 0) is 71.5 Å². The molecule has 1 aliphatic heterocycles. The van der Waals surface area contributed by atoms with Crippen LogP contribution in [0, 0.1) is 5.92 Å². The fourth-order valence-electron chi connectivity index (χ4n) is 4.48. The SMILES string of the molecule is COc1ccc(C=Nc2ccc([C@@H]3Nc4ccccc4[C@@H]4C=CC[C@@H]43)cc2)cc1. The summed E-state index contributed by atoms with van der Waals surface area (Å²) in [5, 5.41) is 3.78. The molecule has 2 aliphatic rings. The predicted molar refractivity (Wildman–Crippen MR) is 119 cm³/mol. The van der Waals surface area contributed by atoms with Crippen molar-refractivity contribution in [3.05, 3.63) is 102 Å². The molecule has 0 amide bonds. The number of hydrogen-bond acceptors (Lipinski definition) is 3. The molecule has 5 rings (SSSR count). The molecule has 0 spiro atoms. The molecule has 1 aliphatic carbocycles. The van der Waals surface area contributed by atoms with E-state index < -0.39 is 0 Å². The molecule has 1 N–H and O–H groups in total. The van der Waals surface area contributed by atoms with Gasteiger partial charge < -0.3 is 10.1 Å². The highest BCUT2D eigenvalue weighted by Gasteiger charge is 2.37. The van der Waals surface area contributed by atoms with E-state index in [1.54, 1.807) is 7.11 Å². The molecule has 0 bridgehead atoms. The average molecular weight is 380 g/mol. The predicted octanol–water partition coefficient (Wildman–Crippen LogP) is 6.27. The summed E-state index contributed by atoms with van der Waals surface area (Å²) in [6, 6.07) is 25.6. The van der Waals surface area contributed by atoms with Gasteiger partial charge in [0.15, 0.2) is 0 Å². The summed E-state index contributed by atoms with van der Waals surface area (Å²) < 4.78 is 5.20. The van der Waals surface area contributed by atoms with E-state index in [0.29, 0.717) is 17.9 Å². The van der Waals surface area contributed by atoms with E-state index in [1.807, 2.05) is 30.5 Å². The Morgan fingerprint density at radius 2 is 1.76 bits per heavy atom. The van der Waals surface area contributed by atoms with Crippen LogP contribution in [0.3, 0.4) is 0 Å². The lowest BCUT2D eigenvalue weighted by Gasteiger charge is -2.37. The van der Waals surface area contributed by atoms with Crippen LogP contribution in [-0.2, 0) is 0 Å². The lowest BCUT2D eigenvalue weighted by molar-refractivity contribution is 0.415. The van der Waals surface area contributed by atoms with E-state index >= 15 is 0 Å². The van der Waals surface area contributed by atoms with Gasteiger partial charge in [0.05, 0.1) is 18.8 Å². The van der Waals surface area contributed by atoms with Gasteiger partial charge in [-0.3, -0.25) is 4.99 Å². The third-order valence-corrected chi connectivity index (χ3v) is 6.00. The quantitative estimate of drug-likeness (QED) is 0.427. The molecule has 1 heterocycles. The first-order valence-corrected chi connectivity index (χ1v) is 10.1. The third-order valence-electron chi connectivity index (χ3n) is 6.00. The van der Waals surface area contributed by atoms with Gasteiger partial charge in [-0.1, -0.05) is 42.5 Å². The normalized spacial score (nSPS) is 22.2. The number of fused-ring (bicyclic) bond motifs is 3. The van der Waals surface area contributed by atoms with Crippen LogP contribution >= 0.6 is 0 Å². The molecule has 3 heteroatoms. The number of anilines is 1. The zero-order valence-electron chi connectivity index (χ0n) is 16.5. The van der Waals surface area contributed by atoms with E-state index in [0.717, 1.165) is 23.4 Å². The van der Waals surface area contributed by atoms with Crippen molar-refractivity contribution in [1.82, 2.24) is 0 Å². The Balaban J connectivity index is 1.35. The lowest BCUT2D eigenvalue weighted by Crippen LogP contribution is -2.28. The van der Waals surface area contributed by atoms with Gasteiger partial charge in [-0.2, -0.15) is 0 Å². The fraction of sp³-hybridized carbons (Fsp3) is 0.192. The summed E-state index contributed by atoms with van der Waals surface area (Å²) in [5.41, 5.74) is 6.01. The van der Waals surface area contributed by atoms with Gasteiger partial charge in [0.2, 0.25) is 0 Å². The van der Waals surface area contributed by atoms with Gasteiger partial charge in [0.25, 0.3) is 0 Å². The maximum Gasteiger partial charge on any atom is 0.118 e. The van der Waals surface area contributed by atoms with Crippen LogP contribution in [0.5, 0.6) is 5.75 Å². The number of hydrogen-bond donors (Lipinski definition) is 1. The Bertz CT molecular complexity index is 1050. The Morgan fingerprint density at radius 3 is 2.55 bits per heavy atom. The van der Waals surface area contributed by atoms with Crippen molar-refractivity contribution in [2.24, 2.45) is 10.9 Å². The number of nitrogens with zero attached hydrogens (tertiary/aromatic N) is 1. The maximum absolute atomic E-state index is 5.20. The van der Waals surface area contributed by atoms with E-state index in [9.17, 15) is 0 Å². The highest BCUT2D eigenvalue weighted by molar-refractivity contribution is 5.82. The summed E-state index contributed by atoms with van der Waals surface area (Å²) in [7, 11) is 1.67. The zero-order chi connectivity index (χ0) is 19.6. The third kappa shape index (κ3) is 3.44. The topological polar surface area (TPSA) is 33.6 Å². The largest absolute Gasteiger partial charge is 0.497 e. The van der Waals surface area contributed by atoms with E-state index in [1.165, 1.54) is 16.8 Å². The number of ether oxygens (including phenoxy) is 1. The standard InChI is InChI=1S/C26H24N2O/c1-29-21-15-9-18(10-16-21)17-27-20-13-11-19(12-14-20)26-24-7-4-6-22(24)23-5-2-3-8-25(23)28-26/h2-6,8-17,22,24,26,28H,7H2,1H3/t22-,24-,26-/m0/s1. The van der Waals surface area contributed by atoms with Gasteiger partial charge >= 0.3 is 0 Å². The highest BCUT2D eigenvalue weighted by atomic mass is 16.5. The highest BCUT2D eigenvalue weighted by Crippen LogP contribution is 2.49. The van der Waals surface area contributed by atoms with Crippen molar-refractivity contribution >= 4 is 17.6 Å². The summed E-state index contributed by atoms with van der Waals surface area (Å²) >= 11 is 0. The second-order valence-electron chi connectivity index (χ2n) is 7.69. The van der Waals surface area contributed by atoms with Crippen LogP contribution in [0.15, 0.2) is 89.9 Å². The molecule has 3 atom stereocenters. The van der Waals surface area contributed by atoms with E-state index in [2.05, 4.69) is 71.0 Å². The van der Waals surface area contributed by atoms with Crippen molar-refractivity contribution in [2.75, 3.05) is 12.4 Å². The Kier molecular flexibility index (Phi) is 4.65. The monoisotopic (exact) mass is 380 g/mol. The van der Waals surface area contributed by atoms with E-state index in [4.69, 9.17) is 4.74 Å². The first kappa shape index (κ1) is 17.7. The van der Waals surface area contributed by atoms with Crippen molar-refractivity contribution in [1.29, 1.82) is 0 Å². The molecule has 0 radical (unpaired) electrons. The maximum atomic E-state index is 5.20. The number of nitrogens with one attached hydrogen (secondary N) is 1. The molecule has 0 fully saturated rings. The minimum absolute atomic E-state index is 0.324. The van der Waals surface area contributed by atoms with Crippen LogP contribution in [0.4, 0.5) is 11.4 Å². The van der Waals surface area contributed by atoms with Crippen LogP contribution in [-0.4, -0.2) is 13.3 Å². The average Bonchev–Trinajstić information content (AvgIpc) is 3.28. The zero-order valence-corrected chi connectivity index (χ0v) is 16.5. The summed E-state index contributed by atoms with van der Waals surface area (Å²) in [4.78, 5) is 4.62. The van der Waals surface area contributed by atoms with Crippen molar-refractivity contribution in [3.63, 3.8) is 0 Å². The molecule has 3 nitrogen and oxygen atoms in total. The molecule has 0 unspecified atom stereocenters. The van der Waals surface area contributed by atoms with Crippen molar-refractivity contribution in [2.45, 2.75) is 18.4 Å². The Morgan fingerprint density at radius 1 is 0.966 bits per heavy atom. The molecule has 0 saturated heterocycles. The van der Waals surface area contributed by atoms with Crippen LogP contribution in [0.25, 0.3) is 0 Å². The van der Waals surface area contributed by atoms with Gasteiger partial charge in [-0.15, -0.1) is 0 Å². The number of rotatable bonds is 4. The number of allylic oxidation sites excluding steroid dienone is 2. The smallest absolute Gasteiger partial charge is 0.118 e. The Hall–Kier alpha value is -3.33. The number of para-hydroxylation sites is 1. The molecule has 0 aromatic heterocycles. The number of benzene rings is 3. The van der Waals surface area contributed by atoms with Crippen LogP contribution in [0.1, 0.15) is 35.1 Å². The van der Waals surface area contributed by atoms with Crippen LogP contribution < -0.4 is 10.1 Å². The number of methoxy groups -OCH3 is 1. The Labute approximate surface area is 171 Å². The minimum Gasteiger partial charge on any atom is -0.497 e. The van der Waals surface area contributed by atoms with Crippen molar-refractivity contribution in [3.8, 4) is 5.75 Å². The van der Waals surface area contributed by atoms with Gasteiger partial charge in [-0.25, -0.2) is 0 Å². The molecule has 0 saturated carbocycles. The first-order valence-electron chi connectivity index (χ1n) is 10.1. The second kappa shape index (κ2) is 7.59. The summed E-state index contributed by atoms with van der Waals surface area (Å²) in [6.07, 6.45) is 7.72. The minimum atomic E-state index is 0.324. The molecular formula is C26H24N2O. The van der Waals surface area contributed by atoms with Crippen molar-refractivity contribution < 1.29 is 4.74 Å². The molecule has 3 aromatic carbocycles. The van der Waals surface area contributed by atoms with Gasteiger partial charge in [0.1, 0.15) is 5.75 Å². The fourth-order valence-corrected chi connectivity index (χ4v) is 4.48. The molecule has 3 aromatic rings. The number of aliphatic imine (C=N–C) groups is 1. The second-order valence-corrected chi connectivity index (χ2v) is 7.69. The lowest BCUT2D eigenvalue weighted by atomic mass is 9.77. The summed E-state index contributed by atoms with van der Waals surface area (Å²) in [6.45, 7) is 0. The molecular weight excluding hydrogens is 356 g/mol. The molecule has 144 valence electrons. The summed E-state index contributed by atoms with van der Waals surface area (Å²) in [5.74, 6) is 1.93. The van der Waals surface area contributed by atoms with Crippen LogP contribution in [0.2, 0.25) is 0 Å².